The lowest BCUT2D eigenvalue weighted by Crippen LogP contribution is -2.75. The third-order valence-electron chi connectivity index (χ3n) is 10.2. The zero-order valence-corrected chi connectivity index (χ0v) is 21.0. The van der Waals surface area contributed by atoms with Crippen LogP contribution in [0.3, 0.4) is 0 Å². The second kappa shape index (κ2) is 8.96. The molecule has 6 N–H and O–H groups in total. The summed E-state index contributed by atoms with van der Waals surface area (Å²) < 4.78 is 29.3. The van der Waals surface area contributed by atoms with Crippen LogP contribution < -0.4 is 16.8 Å². The summed E-state index contributed by atoms with van der Waals surface area (Å²) in [6.45, 7) is 1.30. The Kier molecular flexibility index (Phi) is 5.91. The van der Waals surface area contributed by atoms with Gasteiger partial charge in [-0.1, -0.05) is 0 Å². The average molecular weight is 520 g/mol. The summed E-state index contributed by atoms with van der Waals surface area (Å²) in [7, 11) is 0. The lowest BCUT2D eigenvalue weighted by atomic mass is 9.69. The van der Waals surface area contributed by atoms with E-state index >= 15 is 4.39 Å². The molecule has 3 saturated carbocycles. The van der Waals surface area contributed by atoms with Gasteiger partial charge in [0.05, 0.1) is 42.5 Å². The molecule has 11 heteroatoms. The largest absolute Gasteiger partial charge is 0.478 e. The number of rotatable bonds is 2. The molecule has 0 aromatic carbocycles. The topological polar surface area (TPSA) is 143 Å². The molecule has 0 amide bonds. The van der Waals surface area contributed by atoms with Crippen LogP contribution >= 0.6 is 0 Å². The molecule has 0 spiro atoms. The van der Waals surface area contributed by atoms with Crippen LogP contribution in [0.25, 0.3) is 0 Å². The highest BCUT2D eigenvalue weighted by molar-refractivity contribution is 6.18. The molecule has 10 nitrogen and oxygen atoms in total. The predicted molar refractivity (Wildman–Crippen MR) is 130 cm³/mol. The molecule has 13 atom stereocenters. The van der Waals surface area contributed by atoms with E-state index in [2.05, 4.69) is 15.1 Å². The van der Waals surface area contributed by atoms with Crippen LogP contribution in [0, 0.1) is 5.92 Å². The van der Waals surface area contributed by atoms with E-state index in [-0.39, 0.29) is 60.5 Å². The smallest absolute Gasteiger partial charge is 0.340 e. The first-order valence-corrected chi connectivity index (χ1v) is 14.0. The Labute approximate surface area is 215 Å². The Hall–Kier alpha value is -1.63. The highest BCUT2D eigenvalue weighted by Gasteiger charge is 2.61. The van der Waals surface area contributed by atoms with Gasteiger partial charge in [0.1, 0.15) is 11.7 Å². The lowest BCUT2D eigenvalue weighted by molar-refractivity contribution is -0.231. The minimum Gasteiger partial charge on any atom is -0.478 e. The molecule has 0 bridgehead atoms. The van der Waals surface area contributed by atoms with E-state index < -0.39 is 42.0 Å². The van der Waals surface area contributed by atoms with Gasteiger partial charge in [-0.05, 0) is 44.9 Å². The molecule has 37 heavy (non-hydrogen) atoms. The number of hydrogen-bond acceptors (Lipinski definition) is 9. The standard InChI is InChI=1S/C26H38FN5O5/c27-15-6-13-22-25(23(15)31-4-3-12(29)9-31)37-21-7-17-20(36-19-5-11(28)1-2-16(19)30-17)8-18(21)32(22)10-14(24(13)33)26(34)35/h10-13,15-23,25,30H,1-9,28-29H2,(H,34,35)/t11?,12-,13?,15?,16?,17?,18?,19?,20?,21?,22?,23?,25?/m0/s1. The zero-order valence-electron chi connectivity index (χ0n) is 21.0. The molecule has 3 saturated heterocycles. The first kappa shape index (κ1) is 24.4. The van der Waals surface area contributed by atoms with E-state index in [9.17, 15) is 14.7 Å². The number of carbonyl (C=O) groups excluding carboxylic acids is 1. The van der Waals surface area contributed by atoms with Crippen molar-refractivity contribution < 1.29 is 28.6 Å². The van der Waals surface area contributed by atoms with Crippen molar-refractivity contribution in [3.8, 4) is 0 Å². The summed E-state index contributed by atoms with van der Waals surface area (Å²) in [6.07, 6.45) is 4.48. The van der Waals surface area contributed by atoms with E-state index in [1.807, 2.05) is 0 Å². The summed E-state index contributed by atoms with van der Waals surface area (Å²) in [5, 5.41) is 13.7. The fraction of sp³-hybridized carbons (Fsp3) is 0.846. The van der Waals surface area contributed by atoms with Crippen molar-refractivity contribution in [3.63, 3.8) is 0 Å². The monoisotopic (exact) mass is 519 g/mol. The molecular weight excluding hydrogens is 481 g/mol. The van der Waals surface area contributed by atoms with Crippen molar-refractivity contribution >= 4 is 11.8 Å². The molecule has 0 aromatic heterocycles. The number of aliphatic carboxylic acids is 1. The van der Waals surface area contributed by atoms with Crippen molar-refractivity contribution in [2.45, 2.75) is 118 Å². The highest BCUT2D eigenvalue weighted by atomic mass is 19.1. The molecule has 3 aliphatic carbocycles. The molecule has 4 heterocycles. The maximum absolute atomic E-state index is 15.9. The molecule has 7 aliphatic rings. The van der Waals surface area contributed by atoms with Gasteiger partial charge in [-0.15, -0.1) is 0 Å². The number of ether oxygens (including phenoxy) is 2. The normalized spacial score (nSPS) is 51.4. The van der Waals surface area contributed by atoms with Gasteiger partial charge >= 0.3 is 5.97 Å². The maximum atomic E-state index is 15.9. The molecule has 0 radical (unpaired) electrons. The zero-order chi connectivity index (χ0) is 25.6. The molecular formula is C26H38FN5O5. The molecule has 0 aromatic rings. The van der Waals surface area contributed by atoms with Gasteiger partial charge in [-0.25, -0.2) is 9.18 Å². The number of carboxylic acids is 1. The SMILES string of the molecule is NC1CCC2NC3CC4OC5C(N6CC[C@H](N)C6)C(F)CC6C(=O)C(C(=O)O)=CN(C4CC3OC2C1)C65. The number of hydrogen-bond donors (Lipinski definition) is 4. The number of ketones is 1. The number of nitrogens with zero attached hydrogens (tertiary/aromatic N) is 2. The van der Waals surface area contributed by atoms with Crippen LogP contribution in [-0.4, -0.2) is 113 Å². The van der Waals surface area contributed by atoms with Crippen LogP contribution in [0.5, 0.6) is 0 Å². The number of nitrogens with one attached hydrogen (secondary N) is 1. The number of halogens is 1. The number of fused-ring (bicyclic) bond motifs is 4. The van der Waals surface area contributed by atoms with Gasteiger partial charge in [0.15, 0.2) is 5.78 Å². The summed E-state index contributed by atoms with van der Waals surface area (Å²) >= 11 is 0. The second-order valence-electron chi connectivity index (χ2n) is 12.4. The highest BCUT2D eigenvalue weighted by Crippen LogP contribution is 2.48. The molecule has 4 aliphatic heterocycles. The molecule has 7 rings (SSSR count). The summed E-state index contributed by atoms with van der Waals surface area (Å²) in [4.78, 5) is 29.5. The lowest BCUT2D eigenvalue weighted by Gasteiger charge is -2.62. The van der Waals surface area contributed by atoms with Crippen LogP contribution in [-0.2, 0) is 19.1 Å². The third kappa shape index (κ3) is 3.88. The van der Waals surface area contributed by atoms with Crippen molar-refractivity contribution in [2.24, 2.45) is 17.4 Å². The first-order valence-electron chi connectivity index (χ1n) is 14.0. The number of carbonyl (C=O) groups is 2. The van der Waals surface area contributed by atoms with Crippen molar-refractivity contribution in [3.05, 3.63) is 11.8 Å². The minimum atomic E-state index is -1.29. The van der Waals surface area contributed by atoms with Gasteiger partial charge in [-0.2, -0.15) is 0 Å². The first-order chi connectivity index (χ1) is 17.8. The Bertz CT molecular complexity index is 998. The van der Waals surface area contributed by atoms with Gasteiger partial charge in [-0.3, -0.25) is 9.69 Å². The van der Waals surface area contributed by atoms with Crippen LogP contribution in [0.4, 0.5) is 4.39 Å². The Morgan fingerprint density at radius 2 is 1.81 bits per heavy atom. The second-order valence-corrected chi connectivity index (χ2v) is 12.4. The fourth-order valence-corrected chi connectivity index (χ4v) is 8.56. The van der Waals surface area contributed by atoms with Gasteiger partial charge in [0, 0.05) is 49.4 Å². The molecule has 204 valence electrons. The van der Waals surface area contributed by atoms with Crippen molar-refractivity contribution in [1.82, 2.24) is 15.1 Å². The third-order valence-corrected chi connectivity index (χ3v) is 10.2. The summed E-state index contributed by atoms with van der Waals surface area (Å²) in [5.41, 5.74) is 12.1. The minimum absolute atomic E-state index is 0.000513. The number of nitrogens with two attached hydrogens (primary N) is 2. The van der Waals surface area contributed by atoms with Crippen molar-refractivity contribution in [1.29, 1.82) is 0 Å². The molecule has 6 fully saturated rings. The van der Waals surface area contributed by atoms with E-state index in [4.69, 9.17) is 20.9 Å². The predicted octanol–water partition coefficient (Wildman–Crippen LogP) is -0.497. The maximum Gasteiger partial charge on any atom is 0.340 e. The van der Waals surface area contributed by atoms with E-state index in [1.54, 1.807) is 0 Å². The van der Waals surface area contributed by atoms with Crippen LogP contribution in [0.15, 0.2) is 11.8 Å². The summed E-state index contributed by atoms with van der Waals surface area (Å²) in [5.74, 6) is -2.48. The Balaban J connectivity index is 1.22. The number of likely N-dealkylation sites (tertiary alicyclic amines) is 1. The van der Waals surface area contributed by atoms with Crippen molar-refractivity contribution in [2.75, 3.05) is 13.1 Å². The number of morpholine rings is 2. The van der Waals surface area contributed by atoms with Crippen LogP contribution in [0.1, 0.15) is 44.9 Å². The van der Waals surface area contributed by atoms with Crippen LogP contribution in [0.2, 0.25) is 0 Å². The fourth-order valence-electron chi connectivity index (χ4n) is 8.56. The molecule has 12 unspecified atom stereocenters. The number of carboxylic acid groups (broad SMARTS) is 1. The Morgan fingerprint density at radius 1 is 1.00 bits per heavy atom. The number of alkyl halides is 1. The van der Waals surface area contributed by atoms with Gasteiger partial charge in [0.25, 0.3) is 0 Å². The quantitative estimate of drug-likeness (QED) is 0.353. The number of Topliss-reactive ketones (excluding diaryl/α,β-unsaturated/α-hetero) is 1. The van der Waals surface area contributed by atoms with E-state index in [1.165, 1.54) is 6.20 Å². The Morgan fingerprint density at radius 3 is 2.57 bits per heavy atom. The van der Waals surface area contributed by atoms with Gasteiger partial charge in [0.2, 0.25) is 0 Å². The average Bonchev–Trinajstić information content (AvgIpc) is 3.28. The van der Waals surface area contributed by atoms with Gasteiger partial charge < -0.3 is 36.3 Å². The summed E-state index contributed by atoms with van der Waals surface area (Å²) in [6, 6.07) is -0.496. The van der Waals surface area contributed by atoms with E-state index in [0.29, 0.717) is 25.9 Å². The van der Waals surface area contributed by atoms with E-state index in [0.717, 1.165) is 25.7 Å².